The van der Waals surface area contributed by atoms with Gasteiger partial charge >= 0.3 is 0 Å². The van der Waals surface area contributed by atoms with Crippen molar-refractivity contribution in [3.8, 4) is 6.07 Å². The summed E-state index contributed by atoms with van der Waals surface area (Å²) in [6, 6.07) is 19.5. The molecule has 1 heterocycles. The van der Waals surface area contributed by atoms with Crippen molar-refractivity contribution in [3.05, 3.63) is 76.3 Å². The summed E-state index contributed by atoms with van der Waals surface area (Å²) in [7, 11) is 1.48. The summed E-state index contributed by atoms with van der Waals surface area (Å²) < 4.78 is 0. The van der Waals surface area contributed by atoms with Crippen molar-refractivity contribution < 1.29 is 9.59 Å². The summed E-state index contributed by atoms with van der Waals surface area (Å²) in [5.41, 5.74) is 2.97. The third-order valence-electron chi connectivity index (χ3n) is 5.01. The Bertz CT molecular complexity index is 978. The lowest BCUT2D eigenvalue weighted by Crippen LogP contribution is -2.31. The normalized spacial score (nSPS) is 17.6. The minimum Gasteiger partial charge on any atom is -0.354 e. The second-order valence-corrected chi connectivity index (χ2v) is 8.30. The average molecular weight is 420 g/mol. The van der Waals surface area contributed by atoms with E-state index in [1.807, 2.05) is 36.4 Å². The van der Waals surface area contributed by atoms with Gasteiger partial charge in [-0.05, 0) is 42.5 Å². The van der Waals surface area contributed by atoms with Gasteiger partial charge in [0.2, 0.25) is 5.91 Å². The van der Waals surface area contributed by atoms with Crippen LogP contribution in [0.25, 0.3) is 0 Å². The van der Waals surface area contributed by atoms with E-state index in [-0.39, 0.29) is 11.5 Å². The second kappa shape index (κ2) is 10.1. The highest BCUT2D eigenvalue weighted by Gasteiger charge is 2.40. The smallest absolute Gasteiger partial charge is 0.264 e. The molecule has 0 radical (unpaired) electrons. The highest BCUT2D eigenvalue weighted by molar-refractivity contribution is 8.05. The van der Waals surface area contributed by atoms with Crippen molar-refractivity contribution in [2.24, 2.45) is 0 Å². The fourth-order valence-corrected chi connectivity index (χ4v) is 4.67. The van der Waals surface area contributed by atoms with Crippen LogP contribution in [0.2, 0.25) is 0 Å². The van der Waals surface area contributed by atoms with Crippen LogP contribution in [0.4, 0.5) is 5.69 Å². The number of amides is 2. The van der Waals surface area contributed by atoms with E-state index in [2.05, 4.69) is 36.5 Å². The largest absolute Gasteiger partial charge is 0.354 e. The zero-order valence-corrected chi connectivity index (χ0v) is 18.0. The van der Waals surface area contributed by atoms with Crippen LogP contribution >= 0.6 is 11.8 Å². The van der Waals surface area contributed by atoms with Gasteiger partial charge in [0.15, 0.2) is 0 Å². The lowest BCUT2D eigenvalue weighted by molar-refractivity contribution is -0.117. The molecule has 0 unspecified atom stereocenters. The molecule has 1 aliphatic heterocycles. The lowest BCUT2D eigenvalue weighted by Gasteiger charge is -2.18. The number of nitriles is 1. The minimum atomic E-state index is -0.491. The molecule has 1 fully saturated rings. The van der Waals surface area contributed by atoms with E-state index in [0.717, 1.165) is 24.8 Å². The van der Waals surface area contributed by atoms with Gasteiger partial charge in [0.05, 0.1) is 5.25 Å². The molecule has 154 valence electrons. The quantitative estimate of drug-likeness (QED) is 0.539. The standard InChI is InChI=1S/C24H25N3O2S/c1-3-4-8-17-11-13-18(14-12-17)15-21-23(29)27(19-9-6-5-7-10-19)24(30-21)20(16-25)22(28)26-2/h5-7,9-14,21H,3-4,8,15H2,1-2H3,(H,26,28)/b24-20-/t21-/m1/s1. The Hall–Kier alpha value is -3.04. The molecule has 2 aromatic rings. The predicted molar refractivity (Wildman–Crippen MR) is 121 cm³/mol. The Morgan fingerprint density at radius 1 is 1.13 bits per heavy atom. The third kappa shape index (κ3) is 4.74. The first-order valence-electron chi connectivity index (χ1n) is 10.1. The number of likely N-dealkylation sites (N-methyl/N-ethyl adjacent to an activating group) is 1. The van der Waals surface area contributed by atoms with Crippen LogP contribution in [0, 0.1) is 11.3 Å². The number of hydrogen-bond acceptors (Lipinski definition) is 4. The Labute approximate surface area is 181 Å². The van der Waals surface area contributed by atoms with Gasteiger partial charge in [-0.1, -0.05) is 67.6 Å². The molecule has 1 saturated heterocycles. The number of unbranched alkanes of at least 4 members (excludes halogenated alkanes) is 1. The molecule has 0 spiro atoms. The molecule has 6 heteroatoms. The second-order valence-electron chi connectivity index (χ2n) is 7.11. The highest BCUT2D eigenvalue weighted by atomic mass is 32.2. The van der Waals surface area contributed by atoms with Gasteiger partial charge in [0.25, 0.3) is 5.91 Å². The van der Waals surface area contributed by atoms with Crippen LogP contribution in [0.3, 0.4) is 0 Å². The third-order valence-corrected chi connectivity index (χ3v) is 6.27. The van der Waals surface area contributed by atoms with Gasteiger partial charge in [0.1, 0.15) is 16.7 Å². The predicted octanol–water partition coefficient (Wildman–Crippen LogP) is 4.20. The van der Waals surface area contributed by atoms with Gasteiger partial charge in [-0.25, -0.2) is 0 Å². The van der Waals surface area contributed by atoms with Gasteiger partial charge in [-0.15, -0.1) is 0 Å². The first-order chi connectivity index (χ1) is 14.6. The molecule has 2 amide bonds. The number of carbonyl (C=O) groups excluding carboxylic acids is 2. The summed E-state index contributed by atoms with van der Waals surface area (Å²) in [6.07, 6.45) is 3.91. The number of rotatable bonds is 7. The van der Waals surface area contributed by atoms with Crippen molar-refractivity contribution in [1.29, 1.82) is 5.26 Å². The van der Waals surface area contributed by atoms with Gasteiger partial charge in [-0.2, -0.15) is 5.26 Å². The Balaban J connectivity index is 1.90. The van der Waals surface area contributed by atoms with Crippen molar-refractivity contribution in [3.63, 3.8) is 0 Å². The molecule has 30 heavy (non-hydrogen) atoms. The number of aryl methyl sites for hydroxylation is 1. The van der Waals surface area contributed by atoms with Gasteiger partial charge in [-0.3, -0.25) is 14.5 Å². The van der Waals surface area contributed by atoms with Crippen molar-refractivity contribution >= 4 is 29.3 Å². The highest BCUT2D eigenvalue weighted by Crippen LogP contribution is 2.41. The molecule has 0 bridgehead atoms. The van der Waals surface area contributed by atoms with Crippen molar-refractivity contribution in [1.82, 2.24) is 5.32 Å². The monoisotopic (exact) mass is 419 g/mol. The fourth-order valence-electron chi connectivity index (χ4n) is 3.36. The molecule has 0 aromatic heterocycles. The summed E-state index contributed by atoms with van der Waals surface area (Å²) in [5.74, 6) is -0.609. The van der Waals surface area contributed by atoms with Gasteiger partial charge < -0.3 is 5.32 Å². The van der Waals surface area contributed by atoms with Crippen LogP contribution in [-0.2, 0) is 22.4 Å². The Kier molecular flexibility index (Phi) is 7.31. The van der Waals surface area contributed by atoms with E-state index in [1.54, 1.807) is 0 Å². The molecule has 1 aliphatic rings. The number of carbonyl (C=O) groups is 2. The number of anilines is 1. The number of hydrogen-bond donors (Lipinski definition) is 1. The van der Waals surface area contributed by atoms with E-state index < -0.39 is 11.2 Å². The molecule has 1 atom stereocenters. The molecule has 0 saturated carbocycles. The zero-order chi connectivity index (χ0) is 21.5. The van der Waals surface area contributed by atoms with Crippen LogP contribution in [-0.4, -0.2) is 24.1 Å². The van der Waals surface area contributed by atoms with E-state index in [0.29, 0.717) is 17.1 Å². The van der Waals surface area contributed by atoms with Crippen LogP contribution in [0.1, 0.15) is 30.9 Å². The topological polar surface area (TPSA) is 73.2 Å². The van der Waals surface area contributed by atoms with E-state index in [4.69, 9.17) is 0 Å². The van der Waals surface area contributed by atoms with Gasteiger partial charge in [0, 0.05) is 12.7 Å². The Morgan fingerprint density at radius 2 is 1.80 bits per heavy atom. The SMILES string of the molecule is CCCCc1ccc(C[C@H]2S/C(=C(/C#N)C(=O)NC)N(c3ccccc3)C2=O)cc1. The summed E-state index contributed by atoms with van der Waals surface area (Å²) in [6.45, 7) is 2.18. The van der Waals surface area contributed by atoms with E-state index in [1.165, 1.54) is 29.3 Å². The summed E-state index contributed by atoms with van der Waals surface area (Å²) in [4.78, 5) is 27.0. The van der Waals surface area contributed by atoms with Crippen molar-refractivity contribution in [2.75, 3.05) is 11.9 Å². The first kappa shape index (κ1) is 21.7. The maximum absolute atomic E-state index is 13.3. The van der Waals surface area contributed by atoms with Crippen LogP contribution in [0.5, 0.6) is 0 Å². The van der Waals surface area contributed by atoms with Crippen LogP contribution < -0.4 is 10.2 Å². The lowest BCUT2D eigenvalue weighted by atomic mass is 10.0. The van der Waals surface area contributed by atoms with E-state index >= 15 is 0 Å². The minimum absolute atomic E-state index is 0.0443. The maximum Gasteiger partial charge on any atom is 0.264 e. The summed E-state index contributed by atoms with van der Waals surface area (Å²) >= 11 is 1.28. The summed E-state index contributed by atoms with van der Waals surface area (Å²) in [5, 5.41) is 12.1. The molecule has 5 nitrogen and oxygen atoms in total. The van der Waals surface area contributed by atoms with Crippen molar-refractivity contribution in [2.45, 2.75) is 37.9 Å². The molecule has 0 aliphatic carbocycles. The Morgan fingerprint density at radius 3 is 2.40 bits per heavy atom. The first-order valence-corrected chi connectivity index (χ1v) is 11.0. The average Bonchev–Trinajstić information content (AvgIpc) is 3.09. The van der Waals surface area contributed by atoms with E-state index in [9.17, 15) is 14.9 Å². The van der Waals surface area contributed by atoms with Crippen LogP contribution in [0.15, 0.2) is 65.2 Å². The number of benzene rings is 2. The molecule has 2 aromatic carbocycles. The number of nitrogens with zero attached hydrogens (tertiary/aromatic N) is 2. The number of para-hydroxylation sites is 1. The number of thioether (sulfide) groups is 1. The molecule has 1 N–H and O–H groups in total. The zero-order valence-electron chi connectivity index (χ0n) is 17.2. The molecule has 3 rings (SSSR count). The number of nitrogens with one attached hydrogen (secondary N) is 1. The maximum atomic E-state index is 13.3. The molecular formula is C24H25N3O2S. The fraction of sp³-hybridized carbons (Fsp3) is 0.292. The molecular weight excluding hydrogens is 394 g/mol.